The first-order chi connectivity index (χ1) is 15.3. The van der Waals surface area contributed by atoms with Crippen LogP contribution < -0.4 is 10.9 Å². The number of benzene rings is 1. The highest BCUT2D eigenvalue weighted by molar-refractivity contribution is 6.32. The molecule has 4 saturated carbocycles. The minimum Gasteiger partial charge on any atom is -0.481 e. The predicted octanol–water partition coefficient (Wildman–Crippen LogP) is 4.63. The zero-order chi connectivity index (χ0) is 22.5. The van der Waals surface area contributed by atoms with Crippen molar-refractivity contribution in [3.05, 3.63) is 57.0 Å². The minimum atomic E-state index is -0.742. The van der Waals surface area contributed by atoms with E-state index in [0.29, 0.717) is 30.5 Å². The van der Waals surface area contributed by atoms with Crippen LogP contribution in [0.25, 0.3) is 0 Å². The zero-order valence-corrected chi connectivity index (χ0v) is 19.2. The number of nitrogens with zero attached hydrogens (tertiary/aromatic N) is 2. The lowest BCUT2D eigenvalue weighted by molar-refractivity contribution is -0.151. The van der Waals surface area contributed by atoms with Gasteiger partial charge in [0.1, 0.15) is 5.02 Å². The third-order valence-corrected chi connectivity index (χ3v) is 8.26. The highest BCUT2D eigenvalue weighted by atomic mass is 35.5. The van der Waals surface area contributed by atoms with Gasteiger partial charge in [0.05, 0.1) is 23.8 Å². The second kappa shape index (κ2) is 7.91. The fraction of sp³-hybridized carbons (Fsp3) is 0.560. The van der Waals surface area contributed by atoms with Crippen molar-refractivity contribution in [1.29, 1.82) is 0 Å². The Bertz CT molecular complexity index is 1080. The van der Waals surface area contributed by atoms with E-state index in [1.165, 1.54) is 11.1 Å². The number of aliphatic carboxylic acids is 1. The molecule has 2 aromatic rings. The maximum Gasteiger partial charge on any atom is 0.303 e. The van der Waals surface area contributed by atoms with Gasteiger partial charge in [-0.05, 0) is 74.7 Å². The van der Waals surface area contributed by atoms with Crippen LogP contribution in [0.2, 0.25) is 5.02 Å². The number of carboxylic acid groups (broad SMARTS) is 1. The van der Waals surface area contributed by atoms with Crippen LogP contribution in [0, 0.1) is 24.2 Å². The van der Waals surface area contributed by atoms with Crippen LogP contribution in [0.15, 0.2) is 35.3 Å². The zero-order valence-electron chi connectivity index (χ0n) is 18.4. The van der Waals surface area contributed by atoms with Crippen molar-refractivity contribution in [3.63, 3.8) is 0 Å². The summed E-state index contributed by atoms with van der Waals surface area (Å²) in [6.07, 6.45) is 8.24. The van der Waals surface area contributed by atoms with E-state index >= 15 is 0 Å². The van der Waals surface area contributed by atoms with Crippen molar-refractivity contribution >= 4 is 23.3 Å². The fourth-order valence-corrected chi connectivity index (χ4v) is 7.36. The second-order valence-corrected chi connectivity index (χ2v) is 10.9. The molecular formula is C25H30ClN3O3. The number of rotatable bonds is 7. The number of halogens is 1. The van der Waals surface area contributed by atoms with E-state index in [1.54, 1.807) is 10.9 Å². The summed E-state index contributed by atoms with van der Waals surface area (Å²) in [6, 6.07) is 8.39. The molecule has 1 heterocycles. The van der Waals surface area contributed by atoms with Gasteiger partial charge < -0.3 is 10.4 Å². The molecule has 4 bridgehead atoms. The Labute approximate surface area is 193 Å². The first kappa shape index (κ1) is 21.5. The van der Waals surface area contributed by atoms with Crippen LogP contribution in [0.4, 0.5) is 5.69 Å². The maximum atomic E-state index is 13.3. The lowest BCUT2D eigenvalue weighted by Gasteiger charge is -2.61. The monoisotopic (exact) mass is 455 g/mol. The summed E-state index contributed by atoms with van der Waals surface area (Å²) in [7, 11) is 0. The average Bonchev–Trinajstić information content (AvgIpc) is 2.70. The molecule has 0 spiro atoms. The van der Waals surface area contributed by atoms with Gasteiger partial charge in [0.2, 0.25) is 0 Å². The molecule has 2 unspecified atom stereocenters. The summed E-state index contributed by atoms with van der Waals surface area (Å²) in [5.41, 5.74) is 2.13. The minimum absolute atomic E-state index is 0.173. The molecule has 6 nitrogen and oxygen atoms in total. The van der Waals surface area contributed by atoms with E-state index in [1.807, 2.05) is 0 Å². The Morgan fingerprint density at radius 3 is 2.56 bits per heavy atom. The average molecular weight is 456 g/mol. The van der Waals surface area contributed by atoms with Crippen LogP contribution in [0.5, 0.6) is 0 Å². The Morgan fingerprint density at radius 1 is 1.22 bits per heavy atom. The normalized spacial score (nSPS) is 30.4. The number of hydrogen-bond donors (Lipinski definition) is 2. The summed E-state index contributed by atoms with van der Waals surface area (Å²) >= 11 is 6.53. The fourth-order valence-electron chi connectivity index (χ4n) is 7.17. The Morgan fingerprint density at radius 2 is 1.91 bits per heavy atom. The van der Waals surface area contributed by atoms with Crippen molar-refractivity contribution in [1.82, 2.24) is 9.78 Å². The molecule has 2 N–H and O–H groups in total. The summed E-state index contributed by atoms with van der Waals surface area (Å²) in [4.78, 5) is 24.9. The molecule has 7 heteroatoms. The molecule has 2 atom stereocenters. The molecule has 0 saturated heterocycles. The largest absolute Gasteiger partial charge is 0.481 e. The number of aryl methyl sites for hydroxylation is 1. The SMILES string of the molecule is Cc1ccc(CCNc2cnn(C34CC5CC(CC(CC(=O)O)(C5)C3)C4)c(=O)c2Cl)cc1. The predicted molar refractivity (Wildman–Crippen MR) is 124 cm³/mol. The van der Waals surface area contributed by atoms with Gasteiger partial charge >= 0.3 is 5.97 Å². The van der Waals surface area contributed by atoms with Crippen molar-refractivity contribution in [3.8, 4) is 0 Å². The highest BCUT2D eigenvalue weighted by Crippen LogP contribution is 2.65. The molecule has 32 heavy (non-hydrogen) atoms. The Kier molecular flexibility index (Phi) is 5.31. The topological polar surface area (TPSA) is 84.2 Å². The first-order valence-electron chi connectivity index (χ1n) is 11.6. The van der Waals surface area contributed by atoms with Crippen LogP contribution >= 0.6 is 11.6 Å². The number of carbonyl (C=O) groups is 1. The van der Waals surface area contributed by atoms with Gasteiger partial charge in [-0.1, -0.05) is 41.4 Å². The third kappa shape index (κ3) is 3.83. The van der Waals surface area contributed by atoms with Crippen molar-refractivity contribution in [2.45, 2.75) is 63.8 Å². The molecule has 0 aliphatic heterocycles. The summed E-state index contributed by atoms with van der Waals surface area (Å²) in [6.45, 7) is 2.72. The maximum absolute atomic E-state index is 13.3. The quantitative estimate of drug-likeness (QED) is 0.635. The lowest BCUT2D eigenvalue weighted by atomic mass is 9.46. The second-order valence-electron chi connectivity index (χ2n) is 10.5. The molecule has 4 aliphatic carbocycles. The molecule has 6 rings (SSSR count). The Hall–Kier alpha value is -2.34. The number of anilines is 1. The van der Waals surface area contributed by atoms with Gasteiger partial charge in [0.15, 0.2) is 0 Å². The van der Waals surface area contributed by atoms with Gasteiger partial charge in [-0.3, -0.25) is 9.59 Å². The number of hydrogen-bond acceptors (Lipinski definition) is 4. The van der Waals surface area contributed by atoms with Crippen molar-refractivity contribution in [2.75, 3.05) is 11.9 Å². The molecule has 1 aromatic carbocycles. The van der Waals surface area contributed by atoms with Crippen molar-refractivity contribution in [2.24, 2.45) is 17.3 Å². The lowest BCUT2D eigenvalue weighted by Crippen LogP contribution is -2.59. The van der Waals surface area contributed by atoms with Gasteiger partial charge in [0.25, 0.3) is 5.56 Å². The summed E-state index contributed by atoms with van der Waals surface area (Å²) in [5.74, 6) is 0.194. The van der Waals surface area contributed by atoms with Crippen LogP contribution in [0.1, 0.15) is 56.1 Å². The molecule has 170 valence electrons. The van der Waals surface area contributed by atoms with Gasteiger partial charge in [-0.25, -0.2) is 4.68 Å². The number of nitrogens with one attached hydrogen (secondary N) is 1. The molecule has 0 amide bonds. The molecule has 4 fully saturated rings. The van der Waals surface area contributed by atoms with E-state index in [2.05, 4.69) is 41.6 Å². The molecule has 4 aliphatic rings. The molecular weight excluding hydrogens is 426 g/mol. The van der Waals surface area contributed by atoms with Crippen molar-refractivity contribution < 1.29 is 9.90 Å². The van der Waals surface area contributed by atoms with Crippen LogP contribution in [0.3, 0.4) is 0 Å². The molecule has 0 radical (unpaired) electrons. The van der Waals surface area contributed by atoms with Gasteiger partial charge in [0, 0.05) is 6.54 Å². The standard InChI is InChI=1S/C25H30ClN3O3/c1-16-2-4-17(5-3-16)6-7-27-20-14-28-29(23(32)22(20)26)25-11-18-8-19(12-25)10-24(9-18,15-25)13-21(30)31/h2-5,14,18-19,27H,6-13,15H2,1H3,(H,30,31). The van der Waals surface area contributed by atoms with E-state index in [-0.39, 0.29) is 22.4 Å². The molecule has 1 aromatic heterocycles. The highest BCUT2D eigenvalue weighted by Gasteiger charge is 2.59. The number of carboxylic acids is 1. The van der Waals surface area contributed by atoms with E-state index in [0.717, 1.165) is 38.5 Å². The Balaban J connectivity index is 1.36. The third-order valence-electron chi connectivity index (χ3n) is 7.90. The van der Waals surface area contributed by atoms with Gasteiger partial charge in [-0.15, -0.1) is 0 Å². The van der Waals surface area contributed by atoms with Crippen LogP contribution in [-0.2, 0) is 16.8 Å². The number of aromatic nitrogens is 2. The summed E-state index contributed by atoms with van der Waals surface area (Å²) in [5, 5.41) is 17.6. The van der Waals surface area contributed by atoms with E-state index in [4.69, 9.17) is 11.6 Å². The summed E-state index contributed by atoms with van der Waals surface area (Å²) < 4.78 is 1.61. The first-order valence-corrected chi connectivity index (χ1v) is 11.9. The van der Waals surface area contributed by atoms with Crippen LogP contribution in [-0.4, -0.2) is 27.4 Å². The van der Waals surface area contributed by atoms with Gasteiger partial charge in [-0.2, -0.15) is 5.10 Å². The van der Waals surface area contributed by atoms with E-state index in [9.17, 15) is 14.7 Å². The van der Waals surface area contributed by atoms with E-state index < -0.39 is 11.5 Å². The smallest absolute Gasteiger partial charge is 0.303 e.